The van der Waals surface area contributed by atoms with Crippen LogP contribution in [0.15, 0.2) is 29.3 Å². The van der Waals surface area contributed by atoms with E-state index in [0.717, 1.165) is 0 Å². The number of aliphatic hydroxyl groups is 2. The van der Waals surface area contributed by atoms with Crippen molar-refractivity contribution >= 4 is 16.9 Å². The van der Waals surface area contributed by atoms with Crippen molar-refractivity contribution in [3.63, 3.8) is 0 Å². The molecule has 0 bridgehead atoms. The maximum absolute atomic E-state index is 13.7. The molecule has 1 heterocycles. The monoisotopic (exact) mass is 312 g/mol. The molecule has 1 aromatic carbocycles. The maximum atomic E-state index is 13.7. The molecule has 1 aliphatic rings. The molecule has 0 saturated heterocycles. The molecule has 3 atom stereocenters. The van der Waals surface area contributed by atoms with Crippen molar-refractivity contribution in [3.8, 4) is 0 Å². The molecule has 1 aliphatic heterocycles. The van der Waals surface area contributed by atoms with Gasteiger partial charge >= 0.3 is 0 Å². The van der Waals surface area contributed by atoms with Gasteiger partial charge in [-0.05, 0) is 26.8 Å². The zero-order valence-corrected chi connectivity index (χ0v) is 13.2. The molecule has 21 heavy (non-hydrogen) atoms. The first-order valence-electron chi connectivity index (χ1n) is 6.91. The van der Waals surface area contributed by atoms with E-state index in [1.807, 2.05) is 6.92 Å². The number of nitrogens with one attached hydrogen (secondary N) is 1. The van der Waals surface area contributed by atoms with Crippen molar-refractivity contribution in [1.82, 2.24) is 5.32 Å². The molecule has 3 N–H and O–H groups in total. The third-order valence-corrected chi connectivity index (χ3v) is 4.65. The Morgan fingerprint density at radius 3 is 2.67 bits per heavy atom. The van der Waals surface area contributed by atoms with Crippen LogP contribution in [0.4, 0.5) is 4.39 Å². The second-order valence-corrected chi connectivity index (χ2v) is 6.82. The van der Waals surface area contributed by atoms with Gasteiger partial charge in [0.15, 0.2) is 11.4 Å². The lowest BCUT2D eigenvalue weighted by Crippen LogP contribution is -2.44. The molecule has 4 nitrogen and oxygen atoms in total. The largest absolute Gasteiger partial charge is 0.390 e. The normalized spacial score (nSPS) is 24.4. The topological polar surface area (TPSA) is 64.9 Å². The van der Waals surface area contributed by atoms with E-state index in [2.05, 4.69) is 10.3 Å². The van der Waals surface area contributed by atoms with Gasteiger partial charge in [0.25, 0.3) is 0 Å². The number of hydrogen-bond donors (Lipinski definition) is 3. The van der Waals surface area contributed by atoms with Crippen LogP contribution in [-0.4, -0.2) is 33.0 Å². The van der Waals surface area contributed by atoms with Crippen LogP contribution in [0.3, 0.4) is 0 Å². The number of aliphatic imine (C=N–C) groups is 1. The second kappa shape index (κ2) is 6.34. The summed E-state index contributed by atoms with van der Waals surface area (Å²) in [5, 5.41) is 23.7. The lowest BCUT2D eigenvalue weighted by Gasteiger charge is -2.34. The highest BCUT2D eigenvalue weighted by Crippen LogP contribution is 2.30. The van der Waals surface area contributed by atoms with Gasteiger partial charge in [-0.25, -0.2) is 9.38 Å². The number of benzene rings is 1. The molecule has 0 aliphatic carbocycles. The van der Waals surface area contributed by atoms with E-state index < -0.39 is 11.8 Å². The summed E-state index contributed by atoms with van der Waals surface area (Å²) in [5.74, 6) is -0.0360. The summed E-state index contributed by atoms with van der Waals surface area (Å²) in [5.41, 5.74) is -0.432. The second-order valence-electron chi connectivity index (χ2n) is 5.81. The van der Waals surface area contributed by atoms with Crippen molar-refractivity contribution in [2.75, 3.05) is 5.75 Å². The molecule has 0 spiro atoms. The highest BCUT2D eigenvalue weighted by molar-refractivity contribution is 8.13. The standard InChI is InChI=1S/C15H21FN2O2S/c1-9(10-6-4-5-7-12(10)16)17-14-18-13(19)11(8-21-14)15(2,3)20/h4-7,9,11,13,19-20H,8H2,1-3H3,(H,17,18)/t9-,11?,13?/m0/s1. The molecule has 0 fully saturated rings. The first-order valence-corrected chi connectivity index (χ1v) is 7.89. The van der Waals surface area contributed by atoms with Gasteiger partial charge in [-0.1, -0.05) is 30.0 Å². The third kappa shape index (κ3) is 3.96. The Balaban J connectivity index is 2.06. The molecule has 6 heteroatoms. The van der Waals surface area contributed by atoms with E-state index >= 15 is 0 Å². The van der Waals surface area contributed by atoms with Gasteiger partial charge in [0.1, 0.15) is 5.82 Å². The van der Waals surface area contributed by atoms with E-state index in [9.17, 15) is 14.6 Å². The Hall–Kier alpha value is -1.11. The Morgan fingerprint density at radius 2 is 2.10 bits per heavy atom. The van der Waals surface area contributed by atoms with Crippen LogP contribution in [-0.2, 0) is 0 Å². The van der Waals surface area contributed by atoms with Crippen molar-refractivity contribution in [2.24, 2.45) is 10.9 Å². The average Bonchev–Trinajstić information content (AvgIpc) is 2.37. The van der Waals surface area contributed by atoms with Crippen LogP contribution < -0.4 is 5.32 Å². The number of hydrogen-bond acceptors (Lipinski definition) is 5. The average molecular weight is 312 g/mol. The van der Waals surface area contributed by atoms with Crippen LogP contribution in [0.2, 0.25) is 0 Å². The highest BCUT2D eigenvalue weighted by atomic mass is 32.2. The predicted molar refractivity (Wildman–Crippen MR) is 83.6 cm³/mol. The van der Waals surface area contributed by atoms with Crippen molar-refractivity contribution in [2.45, 2.75) is 38.6 Å². The van der Waals surface area contributed by atoms with Crippen LogP contribution in [0.1, 0.15) is 32.4 Å². The first-order chi connectivity index (χ1) is 9.79. The molecule has 2 rings (SSSR count). The SMILES string of the molecule is C[C@H](NC1=NC(O)C(C(C)(C)O)CS1)c1ccccc1F. The molecule has 2 unspecified atom stereocenters. The first kappa shape index (κ1) is 16.3. The lowest BCUT2D eigenvalue weighted by atomic mass is 9.91. The fourth-order valence-electron chi connectivity index (χ4n) is 2.24. The van der Waals surface area contributed by atoms with Gasteiger partial charge in [0.05, 0.1) is 11.6 Å². The van der Waals surface area contributed by atoms with E-state index in [1.165, 1.54) is 17.8 Å². The number of amidine groups is 1. The van der Waals surface area contributed by atoms with Gasteiger partial charge in [0, 0.05) is 17.2 Å². The number of aliphatic hydroxyl groups excluding tert-OH is 1. The Morgan fingerprint density at radius 1 is 1.43 bits per heavy atom. The zero-order chi connectivity index (χ0) is 15.6. The van der Waals surface area contributed by atoms with Gasteiger partial charge in [0.2, 0.25) is 0 Å². The van der Waals surface area contributed by atoms with Crippen LogP contribution >= 0.6 is 11.8 Å². The summed E-state index contributed by atoms with van der Waals surface area (Å²) in [7, 11) is 0. The van der Waals surface area contributed by atoms with Crippen LogP contribution in [0.25, 0.3) is 0 Å². The molecule has 0 aromatic heterocycles. The molecule has 1 aromatic rings. The van der Waals surface area contributed by atoms with Gasteiger partial charge < -0.3 is 15.5 Å². The lowest BCUT2D eigenvalue weighted by molar-refractivity contribution is -0.0326. The van der Waals surface area contributed by atoms with E-state index in [1.54, 1.807) is 32.0 Å². The fourth-order valence-corrected chi connectivity index (χ4v) is 3.60. The summed E-state index contributed by atoms with van der Waals surface area (Å²) >= 11 is 1.43. The van der Waals surface area contributed by atoms with Crippen LogP contribution in [0, 0.1) is 11.7 Å². The molecule has 0 radical (unpaired) electrons. The molecular weight excluding hydrogens is 291 g/mol. The summed E-state index contributed by atoms with van der Waals surface area (Å²) in [6, 6.07) is 6.32. The minimum absolute atomic E-state index is 0.247. The van der Waals surface area contributed by atoms with Gasteiger partial charge in [-0.15, -0.1) is 0 Å². The third-order valence-electron chi connectivity index (χ3n) is 3.63. The summed E-state index contributed by atoms with van der Waals surface area (Å²) < 4.78 is 13.7. The number of halogens is 1. The smallest absolute Gasteiger partial charge is 0.159 e. The van der Waals surface area contributed by atoms with Gasteiger partial charge in [-0.3, -0.25) is 0 Å². The summed E-state index contributed by atoms with van der Waals surface area (Å²) in [6.07, 6.45) is -0.957. The summed E-state index contributed by atoms with van der Waals surface area (Å²) in [6.45, 7) is 5.17. The number of nitrogens with zero attached hydrogens (tertiary/aromatic N) is 1. The van der Waals surface area contributed by atoms with Gasteiger partial charge in [-0.2, -0.15) is 0 Å². The zero-order valence-electron chi connectivity index (χ0n) is 12.4. The van der Waals surface area contributed by atoms with Crippen molar-refractivity contribution in [1.29, 1.82) is 0 Å². The minimum Gasteiger partial charge on any atom is -0.390 e. The number of thioether (sulfide) groups is 1. The van der Waals surface area contributed by atoms with E-state index in [-0.39, 0.29) is 17.8 Å². The fraction of sp³-hybridized carbons (Fsp3) is 0.533. The van der Waals surface area contributed by atoms with E-state index in [4.69, 9.17) is 0 Å². The molecule has 0 amide bonds. The quantitative estimate of drug-likeness (QED) is 0.801. The number of rotatable bonds is 3. The molecule has 0 saturated carbocycles. The Kier molecular flexibility index (Phi) is 4.91. The molecule has 116 valence electrons. The highest BCUT2D eigenvalue weighted by Gasteiger charge is 2.36. The summed E-state index contributed by atoms with van der Waals surface area (Å²) in [4.78, 5) is 4.17. The predicted octanol–water partition coefficient (Wildman–Crippen LogP) is 2.28. The van der Waals surface area contributed by atoms with Crippen LogP contribution in [0.5, 0.6) is 0 Å². The van der Waals surface area contributed by atoms with Crippen molar-refractivity contribution in [3.05, 3.63) is 35.6 Å². The van der Waals surface area contributed by atoms with Crippen molar-refractivity contribution < 1.29 is 14.6 Å². The maximum Gasteiger partial charge on any atom is 0.159 e. The Labute approximate surface area is 128 Å². The van der Waals surface area contributed by atoms with E-state index in [0.29, 0.717) is 16.5 Å². The minimum atomic E-state index is -0.987. The Bertz CT molecular complexity index is 531. The molecular formula is C15H21FN2O2S.